The Bertz CT molecular complexity index is 1150. The third-order valence-electron chi connectivity index (χ3n) is 4.25. The van der Waals surface area contributed by atoms with Crippen molar-refractivity contribution in [1.29, 1.82) is 0 Å². The highest BCUT2D eigenvalue weighted by molar-refractivity contribution is 7.26. The molecule has 3 aromatic carbocycles. The lowest BCUT2D eigenvalue weighted by Crippen LogP contribution is -1.85. The monoisotopic (exact) mass is 285 g/mol. The fraction of sp³-hybridized carbons (Fsp3) is 0. The molecular weight excluding hydrogens is 274 g/mol. The van der Waals surface area contributed by atoms with Crippen LogP contribution >= 0.6 is 11.3 Å². The molecule has 1 nitrogen and oxygen atoms in total. The summed E-state index contributed by atoms with van der Waals surface area (Å²) < 4.78 is 2.66. The van der Waals surface area contributed by atoms with Gasteiger partial charge in [-0.25, -0.2) is 0 Å². The van der Waals surface area contributed by atoms with E-state index in [9.17, 15) is 0 Å². The van der Waals surface area contributed by atoms with Crippen LogP contribution in [0.25, 0.3) is 47.9 Å². The summed E-state index contributed by atoms with van der Waals surface area (Å²) in [5.41, 5.74) is 2.30. The van der Waals surface area contributed by atoms with Crippen LogP contribution in [0.2, 0.25) is 0 Å². The summed E-state index contributed by atoms with van der Waals surface area (Å²) in [5.74, 6) is 0. The van der Waals surface area contributed by atoms with Crippen molar-refractivity contribution in [2.45, 2.75) is 0 Å². The summed E-state index contributed by atoms with van der Waals surface area (Å²) in [7, 11) is 0. The van der Waals surface area contributed by atoms with E-state index in [1.54, 1.807) is 0 Å². The molecule has 0 fully saturated rings. The minimum Gasteiger partial charge on any atom is -0.256 e. The van der Waals surface area contributed by atoms with Gasteiger partial charge in [0.25, 0.3) is 0 Å². The number of hydrogen-bond donors (Lipinski definition) is 0. The first kappa shape index (κ1) is 11.2. The molecule has 0 amide bonds. The molecule has 0 atom stereocenters. The van der Waals surface area contributed by atoms with Crippen molar-refractivity contribution < 1.29 is 0 Å². The molecule has 0 bridgehead atoms. The number of rotatable bonds is 1. The first-order valence-corrected chi connectivity index (χ1v) is 7.76. The van der Waals surface area contributed by atoms with Gasteiger partial charge in [0.05, 0.1) is 5.52 Å². The highest BCUT2D eigenvalue weighted by atomic mass is 32.1. The topological polar surface area (TPSA) is 12.9 Å². The van der Waals surface area contributed by atoms with Crippen LogP contribution in [-0.4, -0.2) is 4.98 Å². The summed E-state index contributed by atoms with van der Waals surface area (Å²) in [4.78, 5) is 4.64. The van der Waals surface area contributed by atoms with Crippen molar-refractivity contribution in [2.75, 3.05) is 0 Å². The van der Waals surface area contributed by atoms with Crippen molar-refractivity contribution in [3.63, 3.8) is 0 Å². The second-order valence-electron chi connectivity index (χ2n) is 5.29. The second-order valence-corrected chi connectivity index (χ2v) is 6.34. The Morgan fingerprint density at radius 2 is 1.81 bits per heavy atom. The van der Waals surface area contributed by atoms with E-state index in [1.165, 1.54) is 41.9 Å². The average Bonchev–Trinajstić information content (AvgIpc) is 2.94. The van der Waals surface area contributed by atoms with Gasteiger partial charge in [-0.05, 0) is 23.1 Å². The molecule has 2 heterocycles. The van der Waals surface area contributed by atoms with Crippen LogP contribution in [-0.2, 0) is 0 Å². The van der Waals surface area contributed by atoms with Gasteiger partial charge in [0.1, 0.15) is 0 Å². The predicted octanol–water partition coefficient (Wildman–Crippen LogP) is 5.84. The Morgan fingerprint density at radius 3 is 2.71 bits per heavy atom. The maximum atomic E-state index is 4.64. The second kappa shape index (κ2) is 3.80. The van der Waals surface area contributed by atoms with E-state index >= 15 is 0 Å². The van der Waals surface area contributed by atoms with Gasteiger partial charge in [0, 0.05) is 37.1 Å². The van der Waals surface area contributed by atoms with E-state index in [0.717, 1.165) is 5.52 Å². The smallest absolute Gasteiger partial charge is 0.0787 e. The number of fused-ring (bicyclic) bond motifs is 3. The molecular formula is C19H11NS. The van der Waals surface area contributed by atoms with Crippen LogP contribution in [0.1, 0.15) is 5.56 Å². The minimum atomic E-state index is 1.09. The molecule has 98 valence electrons. The summed E-state index contributed by atoms with van der Waals surface area (Å²) in [6.45, 7) is 3.96. The molecule has 0 aliphatic heterocycles. The highest BCUT2D eigenvalue weighted by Gasteiger charge is 2.16. The van der Waals surface area contributed by atoms with Gasteiger partial charge in [0.2, 0.25) is 0 Å². The zero-order valence-corrected chi connectivity index (χ0v) is 12.1. The van der Waals surface area contributed by atoms with Gasteiger partial charge in [0.15, 0.2) is 0 Å². The zero-order valence-electron chi connectivity index (χ0n) is 11.3. The molecule has 5 aromatic rings. The van der Waals surface area contributed by atoms with Crippen LogP contribution in [0, 0.1) is 0 Å². The molecule has 5 rings (SSSR count). The Morgan fingerprint density at radius 1 is 0.905 bits per heavy atom. The highest BCUT2D eigenvalue weighted by Crippen LogP contribution is 2.45. The first-order chi connectivity index (χ1) is 10.4. The average molecular weight is 285 g/mol. The van der Waals surface area contributed by atoms with Crippen LogP contribution in [0.3, 0.4) is 0 Å². The van der Waals surface area contributed by atoms with E-state index in [1.807, 2.05) is 29.7 Å². The Balaban J connectivity index is 2.28. The largest absolute Gasteiger partial charge is 0.256 e. The lowest BCUT2D eigenvalue weighted by molar-refractivity contribution is 1.43. The minimum absolute atomic E-state index is 1.09. The molecule has 0 spiro atoms. The summed E-state index contributed by atoms with van der Waals surface area (Å²) >= 11 is 1.85. The van der Waals surface area contributed by atoms with E-state index in [4.69, 9.17) is 0 Å². The SMILES string of the molecule is C=Cc1ccc2c3ncccc3c3cccc4sc1c2c43. The first-order valence-electron chi connectivity index (χ1n) is 6.95. The Labute approximate surface area is 125 Å². The molecule has 0 aliphatic rings. The van der Waals surface area contributed by atoms with Gasteiger partial charge in [-0.1, -0.05) is 43.0 Å². The summed E-state index contributed by atoms with van der Waals surface area (Å²) in [6, 6.07) is 15.1. The number of nitrogens with zero attached hydrogens (tertiary/aromatic N) is 1. The van der Waals surface area contributed by atoms with Crippen molar-refractivity contribution in [3.8, 4) is 0 Å². The number of thiophene rings is 1. The molecule has 0 saturated carbocycles. The molecule has 0 unspecified atom stereocenters. The third kappa shape index (κ3) is 1.28. The van der Waals surface area contributed by atoms with Crippen LogP contribution in [0.5, 0.6) is 0 Å². The standard InChI is InChI=1S/C19H11NS/c1-2-11-8-9-14-17-16-12(13-6-4-10-20-18(13)14)5-3-7-15(16)21-19(11)17/h2-10H,1H2. The van der Waals surface area contributed by atoms with Crippen molar-refractivity contribution in [2.24, 2.45) is 0 Å². The Kier molecular flexibility index (Phi) is 2.04. The van der Waals surface area contributed by atoms with E-state index in [-0.39, 0.29) is 0 Å². The third-order valence-corrected chi connectivity index (χ3v) is 5.45. The van der Waals surface area contributed by atoms with Crippen LogP contribution < -0.4 is 0 Å². The quantitative estimate of drug-likeness (QED) is 0.353. The Hall–Kier alpha value is -2.45. The van der Waals surface area contributed by atoms with E-state index in [0.29, 0.717) is 0 Å². The van der Waals surface area contributed by atoms with Gasteiger partial charge >= 0.3 is 0 Å². The molecule has 0 radical (unpaired) electrons. The predicted molar refractivity (Wildman–Crippen MR) is 93.4 cm³/mol. The van der Waals surface area contributed by atoms with E-state index < -0.39 is 0 Å². The number of hydrogen-bond acceptors (Lipinski definition) is 2. The van der Waals surface area contributed by atoms with Gasteiger partial charge in [-0.3, -0.25) is 4.98 Å². The molecule has 0 aliphatic carbocycles. The number of pyridine rings is 1. The molecule has 2 aromatic heterocycles. The van der Waals surface area contributed by atoms with Crippen molar-refractivity contribution >= 4 is 59.3 Å². The van der Waals surface area contributed by atoms with Crippen LogP contribution in [0.15, 0.2) is 55.2 Å². The van der Waals surface area contributed by atoms with Gasteiger partial charge in [-0.2, -0.15) is 0 Å². The lowest BCUT2D eigenvalue weighted by Gasteiger charge is -2.08. The number of aromatic nitrogens is 1. The zero-order chi connectivity index (χ0) is 14.0. The summed E-state index contributed by atoms with van der Waals surface area (Å²) in [5, 5.41) is 6.50. The molecule has 0 saturated heterocycles. The maximum Gasteiger partial charge on any atom is 0.0787 e. The molecule has 21 heavy (non-hydrogen) atoms. The molecule has 0 N–H and O–H groups in total. The van der Waals surface area contributed by atoms with Gasteiger partial charge < -0.3 is 0 Å². The van der Waals surface area contributed by atoms with E-state index in [2.05, 4.69) is 48.0 Å². The van der Waals surface area contributed by atoms with Crippen LogP contribution in [0.4, 0.5) is 0 Å². The lowest BCUT2D eigenvalue weighted by atomic mass is 9.96. The van der Waals surface area contributed by atoms with Gasteiger partial charge in [-0.15, -0.1) is 11.3 Å². The fourth-order valence-corrected chi connectivity index (χ4v) is 4.62. The van der Waals surface area contributed by atoms with Crippen molar-refractivity contribution in [1.82, 2.24) is 4.98 Å². The maximum absolute atomic E-state index is 4.64. The fourth-order valence-electron chi connectivity index (χ4n) is 3.36. The molecule has 2 heteroatoms. The summed E-state index contributed by atoms with van der Waals surface area (Å²) in [6.07, 6.45) is 3.83. The normalized spacial score (nSPS) is 12.0. The number of benzene rings is 3. The van der Waals surface area contributed by atoms with Crippen molar-refractivity contribution in [3.05, 3.63) is 60.8 Å².